The summed E-state index contributed by atoms with van der Waals surface area (Å²) in [5.41, 5.74) is 4.21. The highest BCUT2D eigenvalue weighted by atomic mass is 35.5. The fourth-order valence-corrected chi connectivity index (χ4v) is 7.29. The van der Waals surface area contributed by atoms with Crippen LogP contribution in [0.15, 0.2) is 83.9 Å². The number of thioether (sulfide) groups is 1. The van der Waals surface area contributed by atoms with E-state index in [1.165, 1.54) is 48.0 Å². The number of imide groups is 1. The van der Waals surface area contributed by atoms with Crippen molar-refractivity contribution in [3.05, 3.63) is 122 Å². The molecule has 0 radical (unpaired) electrons. The quantitative estimate of drug-likeness (QED) is 0.112. The molecule has 2 atom stereocenters. The molecule has 0 spiro atoms. The first kappa shape index (κ1) is 31.5. The number of ketones is 1. The molecule has 1 aromatic heterocycles. The number of fused-ring (bicyclic) bond motifs is 1. The maximum atomic E-state index is 13.4. The van der Waals surface area contributed by atoms with Gasteiger partial charge < -0.3 is 4.74 Å². The number of hydrogen-bond donors (Lipinski definition) is 0. The van der Waals surface area contributed by atoms with Crippen molar-refractivity contribution in [1.29, 1.82) is 5.26 Å². The number of halogens is 2. The van der Waals surface area contributed by atoms with E-state index < -0.39 is 35.4 Å². The van der Waals surface area contributed by atoms with E-state index in [1.54, 1.807) is 0 Å². The van der Waals surface area contributed by atoms with Crippen LogP contribution in [-0.2, 0) is 27.2 Å². The second-order valence-electron chi connectivity index (χ2n) is 11.0. The van der Waals surface area contributed by atoms with Gasteiger partial charge in [-0.15, -0.1) is 0 Å². The first-order valence-corrected chi connectivity index (χ1v) is 16.1. The number of aryl methyl sites for hydroxylation is 1. The molecule has 11 heteroatoms. The van der Waals surface area contributed by atoms with Crippen LogP contribution in [-0.4, -0.2) is 40.4 Å². The molecule has 0 N–H and O–H groups in total. The zero-order valence-corrected chi connectivity index (χ0v) is 26.6. The third-order valence-corrected chi connectivity index (χ3v) is 9.76. The van der Waals surface area contributed by atoms with Crippen molar-refractivity contribution in [3.63, 3.8) is 0 Å². The molecular weight excluding hydrogens is 645 g/mol. The molecule has 2 amide bonds. The van der Waals surface area contributed by atoms with Crippen LogP contribution in [0.3, 0.4) is 0 Å². The Morgan fingerprint density at radius 1 is 1.00 bits per heavy atom. The summed E-state index contributed by atoms with van der Waals surface area (Å²) in [6, 6.07) is 24.5. The van der Waals surface area contributed by atoms with Gasteiger partial charge in [-0.1, -0.05) is 65.3 Å². The van der Waals surface area contributed by atoms with Crippen molar-refractivity contribution < 1.29 is 23.9 Å². The van der Waals surface area contributed by atoms with Crippen molar-refractivity contribution in [2.75, 3.05) is 11.5 Å². The molecule has 2 heterocycles. The minimum Gasteiger partial charge on any atom is -0.454 e. The fourth-order valence-electron chi connectivity index (χ4n) is 5.68. The number of anilines is 1. The number of esters is 1. The van der Waals surface area contributed by atoms with Crippen molar-refractivity contribution in [2.24, 2.45) is 0 Å². The normalized spacial score (nSPS) is 17.4. The highest BCUT2D eigenvalue weighted by Gasteiger charge is 2.41. The molecular formula is C35H25Cl2N3O5S. The van der Waals surface area contributed by atoms with Gasteiger partial charge in [0.05, 0.1) is 27.1 Å². The number of carbonyl (C=O) groups is 4. The number of Topliss-reactive ketones (excluding diaryl/α,β-unsaturated/α-hetero) is 1. The Bertz CT molecular complexity index is 1910. The molecule has 2 unspecified atom stereocenters. The number of pyridine rings is 1. The zero-order chi connectivity index (χ0) is 32.4. The van der Waals surface area contributed by atoms with Crippen molar-refractivity contribution in [3.8, 4) is 6.07 Å². The van der Waals surface area contributed by atoms with Crippen LogP contribution in [0.4, 0.5) is 5.69 Å². The highest BCUT2D eigenvalue weighted by molar-refractivity contribution is 8.00. The van der Waals surface area contributed by atoms with E-state index in [-0.39, 0.29) is 22.6 Å². The molecule has 6 rings (SSSR count). The number of hydrogen-bond acceptors (Lipinski definition) is 8. The molecule has 0 saturated carbocycles. The monoisotopic (exact) mass is 669 g/mol. The number of benzene rings is 3. The largest absolute Gasteiger partial charge is 0.454 e. The SMILES string of the molecule is N#Cc1cc2c(nc1SC1CC(=O)N(c3ccc(C(=O)OCC(=O)c4ccc(Cl)cc4Cl)cc3)C1=O)CCC(c1ccccc1)C2. The first-order valence-electron chi connectivity index (χ1n) is 14.5. The molecule has 4 aromatic rings. The van der Waals surface area contributed by atoms with Crippen LogP contribution >= 0.6 is 35.0 Å². The molecule has 46 heavy (non-hydrogen) atoms. The Kier molecular flexibility index (Phi) is 9.22. The minimum absolute atomic E-state index is 0.0532. The lowest BCUT2D eigenvalue weighted by atomic mass is 9.82. The van der Waals surface area contributed by atoms with Crippen molar-refractivity contribution >= 4 is 64.2 Å². The van der Waals surface area contributed by atoms with E-state index in [0.29, 0.717) is 27.2 Å². The van der Waals surface area contributed by atoms with Gasteiger partial charge in [-0.2, -0.15) is 5.26 Å². The molecule has 2 aliphatic rings. The number of rotatable bonds is 8. The van der Waals surface area contributed by atoms with E-state index >= 15 is 0 Å². The summed E-state index contributed by atoms with van der Waals surface area (Å²) in [4.78, 5) is 57.3. The number of amides is 2. The molecule has 1 fully saturated rings. The zero-order valence-electron chi connectivity index (χ0n) is 24.2. The van der Waals surface area contributed by atoms with Gasteiger partial charge in [0.2, 0.25) is 17.6 Å². The summed E-state index contributed by atoms with van der Waals surface area (Å²) >= 11 is 13.1. The van der Waals surface area contributed by atoms with E-state index in [9.17, 15) is 24.4 Å². The summed E-state index contributed by atoms with van der Waals surface area (Å²) in [5.74, 6) is -1.72. The maximum Gasteiger partial charge on any atom is 0.338 e. The maximum absolute atomic E-state index is 13.4. The second-order valence-corrected chi connectivity index (χ2v) is 13.0. The average Bonchev–Trinajstić information content (AvgIpc) is 3.34. The molecule has 1 saturated heterocycles. The van der Waals surface area contributed by atoms with Crippen molar-refractivity contribution in [1.82, 2.24) is 4.98 Å². The van der Waals surface area contributed by atoms with Crippen LogP contribution < -0.4 is 4.90 Å². The molecule has 3 aromatic carbocycles. The molecule has 1 aliphatic heterocycles. The van der Waals surface area contributed by atoms with E-state index in [1.807, 2.05) is 24.3 Å². The Morgan fingerprint density at radius 3 is 2.48 bits per heavy atom. The number of nitrogens with zero attached hydrogens (tertiary/aromatic N) is 3. The lowest BCUT2D eigenvalue weighted by Crippen LogP contribution is -2.31. The Labute approximate surface area is 279 Å². The molecule has 230 valence electrons. The van der Waals surface area contributed by atoms with Gasteiger partial charge in [-0.05, 0) is 84.8 Å². The predicted octanol–water partition coefficient (Wildman–Crippen LogP) is 7.00. The summed E-state index contributed by atoms with van der Waals surface area (Å²) in [6.07, 6.45) is 2.43. The van der Waals surface area contributed by atoms with Crippen LogP contribution in [0, 0.1) is 11.3 Å². The van der Waals surface area contributed by atoms with Gasteiger partial charge in [0.15, 0.2) is 6.61 Å². The molecule has 1 aliphatic carbocycles. The van der Waals surface area contributed by atoms with Crippen LogP contribution in [0.2, 0.25) is 10.0 Å². The van der Waals surface area contributed by atoms with Crippen LogP contribution in [0.1, 0.15) is 61.9 Å². The van der Waals surface area contributed by atoms with E-state index in [4.69, 9.17) is 32.9 Å². The number of carbonyl (C=O) groups excluding carboxylic acids is 4. The van der Waals surface area contributed by atoms with Crippen molar-refractivity contribution in [2.45, 2.75) is 41.9 Å². The fraction of sp³-hybridized carbons (Fsp3) is 0.200. The predicted molar refractivity (Wildman–Crippen MR) is 174 cm³/mol. The molecule has 0 bridgehead atoms. The average molecular weight is 671 g/mol. The third kappa shape index (κ3) is 6.56. The van der Waals surface area contributed by atoms with Gasteiger partial charge in [0, 0.05) is 22.7 Å². The highest BCUT2D eigenvalue weighted by Crippen LogP contribution is 2.38. The number of aromatic nitrogens is 1. The van der Waals surface area contributed by atoms with Crippen LogP contribution in [0.5, 0.6) is 0 Å². The summed E-state index contributed by atoms with van der Waals surface area (Å²) in [5, 5.41) is 10.1. The Balaban J connectivity index is 1.10. The third-order valence-electron chi connectivity index (χ3n) is 8.03. The van der Waals surface area contributed by atoms with E-state index in [2.05, 4.69) is 18.2 Å². The van der Waals surface area contributed by atoms with E-state index in [0.717, 1.165) is 47.2 Å². The van der Waals surface area contributed by atoms with Gasteiger partial charge in [0.1, 0.15) is 11.1 Å². The minimum atomic E-state index is -0.755. The van der Waals surface area contributed by atoms with Gasteiger partial charge in [-0.25, -0.2) is 14.7 Å². The standard InChI is InChI=1S/C35H25Cl2N3O5S/c36-25-9-12-27(28(37)16-25)30(41)19-45-35(44)21-6-10-26(11-7-21)40-32(42)17-31(34(40)43)46-33-24(18-38)15-23-14-22(8-13-29(23)39-33)20-4-2-1-3-5-20/h1-7,9-12,15-16,22,31H,8,13-14,17,19H2. The summed E-state index contributed by atoms with van der Waals surface area (Å²) in [7, 11) is 0. The number of ether oxygens (including phenoxy) is 1. The smallest absolute Gasteiger partial charge is 0.338 e. The lowest BCUT2D eigenvalue weighted by Gasteiger charge is -2.25. The first-order chi connectivity index (χ1) is 22.2. The second kappa shape index (κ2) is 13.5. The lowest BCUT2D eigenvalue weighted by molar-refractivity contribution is -0.121. The van der Waals surface area contributed by atoms with Crippen LogP contribution in [0.25, 0.3) is 0 Å². The Morgan fingerprint density at radius 2 is 1.76 bits per heavy atom. The summed E-state index contributed by atoms with van der Waals surface area (Å²) < 4.78 is 5.15. The van der Waals surface area contributed by atoms with Gasteiger partial charge >= 0.3 is 5.97 Å². The van der Waals surface area contributed by atoms with Gasteiger partial charge in [0.25, 0.3) is 0 Å². The summed E-state index contributed by atoms with van der Waals surface area (Å²) in [6.45, 7) is -0.529. The topological polar surface area (TPSA) is 117 Å². The Hall–Kier alpha value is -4.49. The van der Waals surface area contributed by atoms with Gasteiger partial charge in [-0.3, -0.25) is 14.4 Å². The molecule has 8 nitrogen and oxygen atoms in total. The number of nitriles is 1.